The molecule has 1 fully saturated rings. The molecular formula is C25H34N2O5S. The van der Waals surface area contributed by atoms with E-state index in [4.69, 9.17) is 14.5 Å². The second-order valence-electron chi connectivity index (χ2n) is 9.97. The van der Waals surface area contributed by atoms with Gasteiger partial charge in [0.25, 0.3) is 0 Å². The highest BCUT2D eigenvalue weighted by Crippen LogP contribution is 2.49. The van der Waals surface area contributed by atoms with Crippen LogP contribution < -0.4 is 10.2 Å². The number of carbonyl (C=O) groups excluding carboxylic acids is 1. The van der Waals surface area contributed by atoms with E-state index < -0.39 is 11.2 Å². The lowest BCUT2D eigenvalue weighted by Gasteiger charge is -2.39. The molecule has 0 bridgehead atoms. The van der Waals surface area contributed by atoms with Crippen LogP contribution in [0.15, 0.2) is 17.1 Å². The lowest BCUT2D eigenvalue weighted by Crippen LogP contribution is -2.33. The van der Waals surface area contributed by atoms with Crippen LogP contribution in [0.1, 0.15) is 80.5 Å². The first-order chi connectivity index (χ1) is 15.1. The number of Topliss-reactive ketones (excluding diaryl/α,β-unsaturated/α-hetero) is 1. The van der Waals surface area contributed by atoms with Gasteiger partial charge in [0.05, 0.1) is 23.6 Å². The molecule has 0 spiro atoms. The highest BCUT2D eigenvalue weighted by molar-refractivity contribution is 7.59. The normalized spacial score (nSPS) is 17.1. The number of carbonyl (C=O) groups is 1. The number of pyridine rings is 2. The number of hydrogen-bond donors (Lipinski definition) is 1. The highest BCUT2D eigenvalue weighted by atomic mass is 32.1. The zero-order chi connectivity index (χ0) is 23.2. The molecule has 33 heavy (non-hydrogen) atoms. The minimum Gasteiger partial charge on any atom is -0.503 e. The summed E-state index contributed by atoms with van der Waals surface area (Å²) in [7, 11) is 1.67. The Hall–Kier alpha value is -2.32. The number of methoxy groups -OCH3 is 1. The molecule has 8 heteroatoms. The molecular weight excluding hydrogens is 440 g/mol. The lowest BCUT2D eigenvalue weighted by molar-refractivity contribution is 0.101. The fourth-order valence-electron chi connectivity index (χ4n) is 4.44. The summed E-state index contributed by atoms with van der Waals surface area (Å²) in [6.45, 7) is 8.87. The number of aromatic hydroxyl groups is 1. The largest absolute Gasteiger partial charge is 0.503 e. The summed E-state index contributed by atoms with van der Waals surface area (Å²) in [5.74, 6) is 0.351. The van der Waals surface area contributed by atoms with Crippen molar-refractivity contribution in [3.63, 3.8) is 0 Å². The van der Waals surface area contributed by atoms with Crippen LogP contribution in [-0.4, -0.2) is 40.8 Å². The summed E-state index contributed by atoms with van der Waals surface area (Å²) in [6.07, 6.45) is 5.15. The van der Waals surface area contributed by atoms with E-state index >= 15 is 0 Å². The number of rotatable bonds is 7. The van der Waals surface area contributed by atoms with Crippen LogP contribution in [0.3, 0.4) is 0 Å². The molecule has 3 heterocycles. The van der Waals surface area contributed by atoms with E-state index in [9.17, 15) is 14.7 Å². The van der Waals surface area contributed by atoms with Crippen LogP contribution in [0, 0.1) is 5.41 Å². The fourth-order valence-corrected chi connectivity index (χ4v) is 4.44. The Balaban J connectivity index is 0.00000306. The number of ether oxygens (including phenoxy) is 2. The Morgan fingerprint density at radius 3 is 2.55 bits per heavy atom. The molecule has 180 valence electrons. The first-order valence-electron chi connectivity index (χ1n) is 11.3. The molecule has 0 amide bonds. The van der Waals surface area contributed by atoms with Gasteiger partial charge in [-0.2, -0.15) is 13.5 Å². The summed E-state index contributed by atoms with van der Waals surface area (Å²) < 4.78 is 13.1. The van der Waals surface area contributed by atoms with Crippen molar-refractivity contribution in [2.75, 3.05) is 20.3 Å². The van der Waals surface area contributed by atoms with Gasteiger partial charge >= 0.3 is 0 Å². The van der Waals surface area contributed by atoms with Gasteiger partial charge in [-0.3, -0.25) is 9.59 Å². The molecule has 2 aromatic heterocycles. The number of hydrogen-bond acceptors (Lipinski definition) is 6. The van der Waals surface area contributed by atoms with Gasteiger partial charge in [-0.1, -0.05) is 20.8 Å². The first kappa shape index (κ1) is 25.3. The van der Waals surface area contributed by atoms with Crippen molar-refractivity contribution in [3.8, 4) is 22.9 Å². The third-order valence-electron chi connectivity index (χ3n) is 6.37. The number of nitrogens with zero attached hydrogens (tertiary/aromatic N) is 2. The molecule has 7 nitrogen and oxygen atoms in total. The monoisotopic (exact) mass is 474 g/mol. The molecule has 4 rings (SSSR count). The van der Waals surface area contributed by atoms with Crippen molar-refractivity contribution in [2.24, 2.45) is 5.41 Å². The van der Waals surface area contributed by atoms with Crippen LogP contribution in [0.4, 0.5) is 0 Å². The van der Waals surface area contributed by atoms with Gasteiger partial charge < -0.3 is 19.1 Å². The SMILES string of the molecule is COCCCOc1cc2c(nc1C1CC1)-c1c(O)c(=O)c(C(C)=O)cn1[C@H](C(C)(C)C)C2.S. The van der Waals surface area contributed by atoms with Crippen molar-refractivity contribution < 1.29 is 19.4 Å². The average Bonchev–Trinajstić information content (AvgIpc) is 3.56. The Kier molecular flexibility index (Phi) is 7.29. The summed E-state index contributed by atoms with van der Waals surface area (Å²) >= 11 is 0. The van der Waals surface area contributed by atoms with E-state index in [1.807, 2.05) is 10.6 Å². The Morgan fingerprint density at radius 2 is 1.97 bits per heavy atom. The van der Waals surface area contributed by atoms with Crippen LogP contribution in [-0.2, 0) is 11.2 Å². The molecule has 1 saturated carbocycles. The van der Waals surface area contributed by atoms with Crippen molar-refractivity contribution in [2.45, 2.75) is 65.3 Å². The standard InChI is InChI=1S/C25H32N2O5.H2S/c1-14(28)17-13-27-19(25(2,3)4)12-16-11-18(32-10-6-9-31-5)20(15-7-8-15)26-21(16)22(27)24(30)23(17)29;/h11,13,15,19,30H,6-10,12H2,1-5H3;1H2/t19-;/m0./s1. The Labute approximate surface area is 201 Å². The molecule has 2 aliphatic rings. The number of fused-ring (bicyclic) bond motifs is 3. The summed E-state index contributed by atoms with van der Waals surface area (Å²) in [5, 5.41) is 10.9. The molecule has 1 aliphatic heterocycles. The zero-order valence-corrected chi connectivity index (χ0v) is 21.0. The second kappa shape index (κ2) is 9.50. The van der Waals surface area contributed by atoms with Gasteiger partial charge in [0.1, 0.15) is 11.4 Å². The Morgan fingerprint density at radius 1 is 1.27 bits per heavy atom. The van der Waals surface area contributed by atoms with Crippen molar-refractivity contribution in [3.05, 3.63) is 39.3 Å². The van der Waals surface area contributed by atoms with Gasteiger partial charge in [0.15, 0.2) is 11.5 Å². The molecule has 2 aromatic rings. The average molecular weight is 475 g/mol. The van der Waals surface area contributed by atoms with Crippen molar-refractivity contribution in [1.82, 2.24) is 9.55 Å². The fraction of sp³-hybridized carbons (Fsp3) is 0.560. The maximum Gasteiger partial charge on any atom is 0.234 e. The van der Waals surface area contributed by atoms with E-state index in [2.05, 4.69) is 20.8 Å². The minimum absolute atomic E-state index is 0. The maximum absolute atomic E-state index is 12.8. The van der Waals surface area contributed by atoms with E-state index in [1.165, 1.54) is 6.92 Å². The van der Waals surface area contributed by atoms with Crippen LogP contribution in [0.2, 0.25) is 0 Å². The predicted octanol–water partition coefficient (Wildman–Crippen LogP) is 4.37. The third kappa shape index (κ3) is 4.82. The van der Waals surface area contributed by atoms with Gasteiger partial charge in [0.2, 0.25) is 5.43 Å². The third-order valence-corrected chi connectivity index (χ3v) is 6.37. The minimum atomic E-state index is -0.640. The molecule has 1 atom stereocenters. The topological polar surface area (TPSA) is 90.7 Å². The quantitative estimate of drug-likeness (QED) is 0.473. The van der Waals surface area contributed by atoms with E-state index in [0.717, 1.165) is 36.3 Å². The maximum atomic E-state index is 12.8. The van der Waals surface area contributed by atoms with Crippen molar-refractivity contribution >= 4 is 19.3 Å². The van der Waals surface area contributed by atoms with E-state index in [0.29, 0.717) is 36.9 Å². The molecule has 1 aliphatic carbocycles. The van der Waals surface area contributed by atoms with Crippen molar-refractivity contribution in [1.29, 1.82) is 0 Å². The van der Waals surface area contributed by atoms with E-state index in [1.54, 1.807) is 13.3 Å². The molecule has 0 aromatic carbocycles. The summed E-state index contributed by atoms with van der Waals surface area (Å²) in [5.41, 5.74) is 2.01. The number of ketones is 1. The highest BCUT2D eigenvalue weighted by Gasteiger charge is 2.38. The van der Waals surface area contributed by atoms with Crippen LogP contribution >= 0.6 is 13.5 Å². The molecule has 0 unspecified atom stereocenters. The summed E-state index contributed by atoms with van der Waals surface area (Å²) in [4.78, 5) is 29.8. The lowest BCUT2D eigenvalue weighted by atomic mass is 9.79. The second-order valence-corrected chi connectivity index (χ2v) is 9.97. The van der Waals surface area contributed by atoms with Gasteiger partial charge in [0, 0.05) is 38.3 Å². The first-order valence-corrected chi connectivity index (χ1v) is 11.3. The van der Waals surface area contributed by atoms with Gasteiger partial charge in [-0.25, -0.2) is 4.98 Å². The van der Waals surface area contributed by atoms with E-state index in [-0.39, 0.29) is 36.3 Å². The summed E-state index contributed by atoms with van der Waals surface area (Å²) in [6, 6.07) is 1.97. The Bertz CT molecular complexity index is 1120. The van der Waals surface area contributed by atoms with Gasteiger partial charge in [-0.15, -0.1) is 0 Å². The van der Waals surface area contributed by atoms with Crippen LogP contribution in [0.5, 0.6) is 11.5 Å². The zero-order valence-electron chi connectivity index (χ0n) is 20.0. The smallest absolute Gasteiger partial charge is 0.234 e. The molecule has 0 radical (unpaired) electrons. The van der Waals surface area contributed by atoms with Crippen LogP contribution in [0.25, 0.3) is 11.4 Å². The number of aromatic nitrogens is 2. The van der Waals surface area contributed by atoms with Gasteiger partial charge in [-0.05, 0) is 43.2 Å². The molecule has 1 N–H and O–H groups in total. The predicted molar refractivity (Wildman–Crippen MR) is 132 cm³/mol. The molecule has 0 saturated heterocycles.